The largest absolute Gasteiger partial charge is 0.370 e. The second-order valence-electron chi connectivity index (χ2n) is 6.66. The van der Waals surface area contributed by atoms with Crippen molar-refractivity contribution in [1.29, 1.82) is 0 Å². The highest BCUT2D eigenvalue weighted by molar-refractivity contribution is 5.79. The molecule has 148 valence electrons. The zero-order valence-corrected chi connectivity index (χ0v) is 17.3. The summed E-state index contributed by atoms with van der Waals surface area (Å²) in [6.07, 6.45) is 0.835. The third-order valence-corrected chi connectivity index (χ3v) is 4.58. The van der Waals surface area contributed by atoms with Gasteiger partial charge < -0.3 is 20.1 Å². The van der Waals surface area contributed by atoms with Crippen LogP contribution in [0.2, 0.25) is 0 Å². The van der Waals surface area contributed by atoms with Gasteiger partial charge >= 0.3 is 0 Å². The molecule has 0 aliphatic heterocycles. The molecule has 0 spiro atoms. The van der Waals surface area contributed by atoms with Crippen molar-refractivity contribution in [3.05, 3.63) is 46.8 Å². The Morgan fingerprint density at radius 2 is 2.00 bits per heavy atom. The van der Waals surface area contributed by atoms with E-state index in [4.69, 9.17) is 4.52 Å². The summed E-state index contributed by atoms with van der Waals surface area (Å²) < 4.78 is 5.22. The molecule has 0 amide bonds. The molecular formula is C21H33N5O. The van der Waals surface area contributed by atoms with Crippen molar-refractivity contribution in [1.82, 2.24) is 15.8 Å². The van der Waals surface area contributed by atoms with E-state index in [2.05, 4.69) is 70.7 Å². The molecule has 0 aliphatic rings. The molecule has 0 saturated carbocycles. The van der Waals surface area contributed by atoms with Crippen LogP contribution in [0.15, 0.2) is 33.8 Å². The van der Waals surface area contributed by atoms with Crippen molar-refractivity contribution in [2.75, 3.05) is 37.6 Å². The lowest BCUT2D eigenvalue weighted by molar-refractivity contribution is 0.392. The average molecular weight is 372 g/mol. The average Bonchev–Trinajstić information content (AvgIpc) is 2.97. The van der Waals surface area contributed by atoms with E-state index in [9.17, 15) is 0 Å². The summed E-state index contributed by atoms with van der Waals surface area (Å²) in [6, 6.07) is 8.64. The van der Waals surface area contributed by atoms with E-state index in [0.29, 0.717) is 6.54 Å². The minimum atomic E-state index is 0.702. The highest BCUT2D eigenvalue weighted by atomic mass is 16.5. The number of aromatic nitrogens is 1. The highest BCUT2D eigenvalue weighted by Crippen LogP contribution is 2.15. The fraction of sp³-hybridized carbons (Fsp3) is 0.524. The van der Waals surface area contributed by atoms with Gasteiger partial charge in [0, 0.05) is 44.0 Å². The first-order chi connectivity index (χ1) is 13.0. The first-order valence-electron chi connectivity index (χ1n) is 9.80. The van der Waals surface area contributed by atoms with E-state index < -0.39 is 0 Å². The van der Waals surface area contributed by atoms with E-state index in [0.717, 1.165) is 55.6 Å². The number of hydrogen-bond donors (Lipinski definition) is 2. The summed E-state index contributed by atoms with van der Waals surface area (Å²) in [5, 5.41) is 10.8. The lowest BCUT2D eigenvalue weighted by Crippen LogP contribution is -2.41. The van der Waals surface area contributed by atoms with Crippen molar-refractivity contribution in [3.63, 3.8) is 0 Å². The van der Waals surface area contributed by atoms with Gasteiger partial charge in [0.15, 0.2) is 5.96 Å². The number of rotatable bonds is 9. The number of benzene rings is 1. The Hall–Kier alpha value is -2.50. The van der Waals surface area contributed by atoms with E-state index in [1.165, 1.54) is 11.3 Å². The number of anilines is 1. The number of hydrogen-bond acceptors (Lipinski definition) is 4. The molecule has 0 fully saturated rings. The molecule has 1 heterocycles. The smallest absolute Gasteiger partial charge is 0.191 e. The van der Waals surface area contributed by atoms with Crippen LogP contribution in [0, 0.1) is 20.8 Å². The number of guanidine groups is 1. The summed E-state index contributed by atoms with van der Waals surface area (Å²) in [7, 11) is 0. The molecule has 1 aromatic heterocycles. The lowest BCUT2D eigenvalue weighted by atomic mass is 10.1. The van der Waals surface area contributed by atoms with Crippen LogP contribution in [0.1, 0.15) is 36.4 Å². The molecule has 27 heavy (non-hydrogen) atoms. The first-order valence-corrected chi connectivity index (χ1v) is 9.80. The summed E-state index contributed by atoms with van der Waals surface area (Å²) >= 11 is 0. The normalized spacial score (nSPS) is 11.5. The van der Waals surface area contributed by atoms with Gasteiger partial charge in [-0.1, -0.05) is 17.3 Å². The van der Waals surface area contributed by atoms with Crippen molar-refractivity contribution >= 4 is 11.6 Å². The predicted molar refractivity (Wildman–Crippen MR) is 113 cm³/mol. The van der Waals surface area contributed by atoms with Crippen LogP contribution < -0.4 is 15.5 Å². The minimum Gasteiger partial charge on any atom is -0.370 e. The second-order valence-corrected chi connectivity index (χ2v) is 6.66. The van der Waals surface area contributed by atoms with Crippen LogP contribution >= 0.6 is 0 Å². The van der Waals surface area contributed by atoms with Crippen LogP contribution in [0.4, 0.5) is 5.69 Å². The maximum atomic E-state index is 5.22. The topological polar surface area (TPSA) is 65.7 Å². The number of likely N-dealkylation sites (N-methyl/N-ethyl adjacent to an activating group) is 1. The quantitative estimate of drug-likeness (QED) is 0.523. The van der Waals surface area contributed by atoms with Crippen LogP contribution in [0.3, 0.4) is 0 Å². The Bertz CT molecular complexity index is 718. The zero-order valence-electron chi connectivity index (χ0n) is 17.3. The van der Waals surface area contributed by atoms with Gasteiger partial charge in [0.25, 0.3) is 0 Å². The molecule has 2 rings (SSSR count). The lowest BCUT2D eigenvalue weighted by Gasteiger charge is -2.24. The standard InChI is InChI=1S/C21H33N5O/c1-6-22-21(23-12-11-20-17(4)25-27-18(20)5)24-13-14-26(7-2)19-10-8-9-16(3)15-19/h8-10,15H,6-7,11-14H2,1-5H3,(H2,22,23,24). The van der Waals surface area contributed by atoms with Crippen LogP contribution in [0.25, 0.3) is 0 Å². The maximum Gasteiger partial charge on any atom is 0.191 e. The van der Waals surface area contributed by atoms with Crippen LogP contribution in [-0.4, -0.2) is 43.8 Å². The van der Waals surface area contributed by atoms with E-state index in [1.54, 1.807) is 0 Å². The van der Waals surface area contributed by atoms with Gasteiger partial charge in [-0.05, 0) is 58.7 Å². The van der Waals surface area contributed by atoms with Crippen molar-refractivity contribution in [2.45, 2.75) is 41.0 Å². The summed E-state index contributed by atoms with van der Waals surface area (Å²) in [4.78, 5) is 7.06. The molecule has 1 aromatic carbocycles. The Balaban J connectivity index is 1.87. The molecule has 6 nitrogen and oxygen atoms in total. The van der Waals surface area contributed by atoms with Crippen LogP contribution in [0.5, 0.6) is 0 Å². The first kappa shape index (κ1) is 20.8. The predicted octanol–water partition coefficient (Wildman–Crippen LogP) is 3.22. The van der Waals surface area contributed by atoms with Gasteiger partial charge in [0.05, 0.1) is 5.69 Å². The van der Waals surface area contributed by atoms with E-state index >= 15 is 0 Å². The number of aliphatic imine (C=N–C) groups is 1. The summed E-state index contributed by atoms with van der Waals surface area (Å²) in [5.74, 6) is 1.74. The fourth-order valence-corrected chi connectivity index (χ4v) is 3.08. The number of nitrogens with one attached hydrogen (secondary N) is 2. The third-order valence-electron chi connectivity index (χ3n) is 4.58. The molecule has 0 atom stereocenters. The second kappa shape index (κ2) is 10.6. The zero-order chi connectivity index (χ0) is 19.6. The Labute approximate surface area is 163 Å². The molecule has 0 aliphatic carbocycles. The molecule has 0 radical (unpaired) electrons. The molecule has 0 saturated heterocycles. The fourth-order valence-electron chi connectivity index (χ4n) is 3.08. The molecule has 6 heteroatoms. The van der Waals surface area contributed by atoms with Gasteiger partial charge in [0.2, 0.25) is 0 Å². The highest BCUT2D eigenvalue weighted by Gasteiger charge is 2.08. The monoisotopic (exact) mass is 371 g/mol. The van der Waals surface area contributed by atoms with Gasteiger partial charge in [-0.25, -0.2) is 0 Å². The van der Waals surface area contributed by atoms with Crippen molar-refractivity contribution < 1.29 is 4.52 Å². The molecule has 0 unspecified atom stereocenters. The van der Waals surface area contributed by atoms with Gasteiger partial charge in [-0.2, -0.15) is 0 Å². The Morgan fingerprint density at radius 3 is 2.63 bits per heavy atom. The molecular weight excluding hydrogens is 338 g/mol. The van der Waals surface area contributed by atoms with E-state index in [-0.39, 0.29) is 0 Å². The number of nitrogens with zero attached hydrogens (tertiary/aromatic N) is 3. The number of aryl methyl sites for hydroxylation is 3. The SMILES string of the molecule is CCNC(=NCCc1c(C)noc1C)NCCN(CC)c1cccc(C)c1. The van der Waals surface area contributed by atoms with Gasteiger partial charge in [-0.3, -0.25) is 4.99 Å². The summed E-state index contributed by atoms with van der Waals surface area (Å²) in [6.45, 7) is 14.6. The summed E-state index contributed by atoms with van der Waals surface area (Å²) in [5.41, 5.74) is 4.66. The molecule has 2 N–H and O–H groups in total. The van der Waals surface area contributed by atoms with E-state index in [1.807, 2.05) is 13.8 Å². The Morgan fingerprint density at radius 1 is 1.19 bits per heavy atom. The molecule has 2 aromatic rings. The van der Waals surface area contributed by atoms with Gasteiger partial charge in [-0.15, -0.1) is 0 Å². The van der Waals surface area contributed by atoms with Crippen molar-refractivity contribution in [3.8, 4) is 0 Å². The minimum absolute atomic E-state index is 0.702. The Kier molecular flexibility index (Phi) is 8.17. The van der Waals surface area contributed by atoms with Crippen LogP contribution in [-0.2, 0) is 6.42 Å². The molecule has 0 bridgehead atoms. The van der Waals surface area contributed by atoms with Gasteiger partial charge in [0.1, 0.15) is 5.76 Å². The third kappa shape index (κ3) is 6.31. The maximum absolute atomic E-state index is 5.22. The van der Waals surface area contributed by atoms with Crippen molar-refractivity contribution in [2.24, 2.45) is 4.99 Å².